The van der Waals surface area contributed by atoms with Gasteiger partial charge in [0.05, 0.1) is 0 Å². The van der Waals surface area contributed by atoms with Gasteiger partial charge in [-0.2, -0.15) is 0 Å². The molecule has 94 valence electrons. The van der Waals surface area contributed by atoms with E-state index in [1.807, 2.05) is 6.92 Å². The van der Waals surface area contributed by atoms with E-state index in [-0.39, 0.29) is 12.1 Å². The Bertz CT molecular complexity index is 335. The normalized spacial score (nSPS) is 20.7. The van der Waals surface area contributed by atoms with Crippen molar-refractivity contribution < 1.29 is 14.7 Å². The number of nitrogens with zero attached hydrogens (tertiary/aromatic N) is 1. The van der Waals surface area contributed by atoms with E-state index in [1.165, 1.54) is 4.90 Å². The van der Waals surface area contributed by atoms with Crippen molar-refractivity contribution in [3.63, 3.8) is 0 Å². The lowest BCUT2D eigenvalue weighted by Gasteiger charge is -2.24. The van der Waals surface area contributed by atoms with Crippen molar-refractivity contribution in [2.45, 2.75) is 44.7 Å². The zero-order valence-electron chi connectivity index (χ0n) is 9.98. The highest BCUT2D eigenvalue weighted by Crippen LogP contribution is 2.17. The number of rotatable bonds is 4. The van der Waals surface area contributed by atoms with Gasteiger partial charge in [-0.05, 0) is 19.3 Å². The molecule has 1 aliphatic rings. The van der Waals surface area contributed by atoms with E-state index in [4.69, 9.17) is 11.5 Å². The molecule has 1 heterocycles. The molecular formula is C12H18N2O3. The Morgan fingerprint density at radius 1 is 1.65 bits per heavy atom. The van der Waals surface area contributed by atoms with Crippen LogP contribution in [0.4, 0.5) is 4.79 Å². The Hall–Kier alpha value is -1.70. The quantitative estimate of drug-likeness (QED) is 0.719. The van der Waals surface area contributed by atoms with Crippen molar-refractivity contribution in [3.05, 3.63) is 0 Å². The number of nitrogens with one attached hydrogen (secondary N) is 1. The molecule has 1 unspecified atom stereocenters. The summed E-state index contributed by atoms with van der Waals surface area (Å²) in [6, 6.07) is -1.10. The maximum Gasteiger partial charge on any atom is 0.326 e. The van der Waals surface area contributed by atoms with E-state index >= 15 is 0 Å². The largest absolute Gasteiger partial charge is 0.480 e. The molecule has 0 saturated carbocycles. The van der Waals surface area contributed by atoms with Crippen molar-refractivity contribution in [2.24, 2.45) is 0 Å². The first-order valence-corrected chi connectivity index (χ1v) is 5.83. The second kappa shape index (κ2) is 6.14. The van der Waals surface area contributed by atoms with Crippen LogP contribution in [-0.2, 0) is 4.79 Å². The fraction of sp³-hybridized carbons (Fsp3) is 0.667. The molecule has 0 aromatic heterocycles. The van der Waals surface area contributed by atoms with Crippen molar-refractivity contribution in [2.75, 3.05) is 6.54 Å². The van der Waals surface area contributed by atoms with Gasteiger partial charge in [0.25, 0.3) is 0 Å². The molecule has 1 rings (SSSR count). The SMILES string of the molecule is C#CCC(CC)NC(=O)N1CCC[C@H]1C(=O)O. The monoisotopic (exact) mass is 238 g/mol. The van der Waals surface area contributed by atoms with Gasteiger partial charge in [-0.25, -0.2) is 9.59 Å². The molecule has 0 bridgehead atoms. The van der Waals surface area contributed by atoms with E-state index in [2.05, 4.69) is 11.2 Å². The summed E-state index contributed by atoms with van der Waals surface area (Å²) in [5.74, 6) is 1.56. The second-order valence-electron chi connectivity index (χ2n) is 4.15. The number of urea groups is 1. The van der Waals surface area contributed by atoms with Gasteiger partial charge in [-0.15, -0.1) is 12.3 Å². The molecule has 17 heavy (non-hydrogen) atoms. The molecule has 2 amide bonds. The number of aliphatic carboxylic acids is 1. The van der Waals surface area contributed by atoms with Gasteiger partial charge < -0.3 is 15.3 Å². The average Bonchev–Trinajstić information content (AvgIpc) is 2.77. The predicted molar refractivity (Wildman–Crippen MR) is 63.4 cm³/mol. The Kier molecular flexibility index (Phi) is 4.83. The van der Waals surface area contributed by atoms with Crippen LogP contribution in [0.1, 0.15) is 32.6 Å². The summed E-state index contributed by atoms with van der Waals surface area (Å²) in [6.07, 6.45) is 7.66. The van der Waals surface area contributed by atoms with Crippen LogP contribution < -0.4 is 5.32 Å². The molecule has 0 spiro atoms. The summed E-state index contributed by atoms with van der Waals surface area (Å²) in [5, 5.41) is 11.7. The van der Waals surface area contributed by atoms with E-state index in [1.54, 1.807) is 0 Å². The Morgan fingerprint density at radius 2 is 2.35 bits per heavy atom. The van der Waals surface area contributed by atoms with Crippen LogP contribution in [0.3, 0.4) is 0 Å². The molecule has 2 atom stereocenters. The number of terminal acetylenes is 1. The van der Waals surface area contributed by atoms with Crippen LogP contribution >= 0.6 is 0 Å². The maximum absolute atomic E-state index is 11.9. The third-order valence-corrected chi connectivity index (χ3v) is 2.98. The fourth-order valence-electron chi connectivity index (χ4n) is 1.96. The molecule has 2 N–H and O–H groups in total. The van der Waals surface area contributed by atoms with E-state index in [0.29, 0.717) is 19.4 Å². The lowest BCUT2D eigenvalue weighted by molar-refractivity contribution is -0.141. The third-order valence-electron chi connectivity index (χ3n) is 2.98. The maximum atomic E-state index is 11.9. The first-order valence-electron chi connectivity index (χ1n) is 5.83. The lowest BCUT2D eigenvalue weighted by atomic mass is 10.1. The number of amides is 2. The van der Waals surface area contributed by atoms with Crippen molar-refractivity contribution in [3.8, 4) is 12.3 Å². The molecule has 0 radical (unpaired) electrons. The van der Waals surface area contributed by atoms with Crippen LogP contribution in [0.15, 0.2) is 0 Å². The van der Waals surface area contributed by atoms with Crippen LogP contribution in [0, 0.1) is 12.3 Å². The Labute approximate surface area is 101 Å². The summed E-state index contributed by atoms with van der Waals surface area (Å²) in [6.45, 7) is 2.43. The molecule has 0 aromatic carbocycles. The minimum atomic E-state index is -0.942. The van der Waals surface area contributed by atoms with Gasteiger partial charge in [0.2, 0.25) is 0 Å². The van der Waals surface area contributed by atoms with E-state index in [0.717, 1.165) is 12.8 Å². The molecule has 5 heteroatoms. The number of carbonyl (C=O) groups is 2. The van der Waals surface area contributed by atoms with Gasteiger partial charge in [0.1, 0.15) is 6.04 Å². The van der Waals surface area contributed by atoms with Crippen molar-refractivity contribution in [1.29, 1.82) is 0 Å². The highest BCUT2D eigenvalue weighted by Gasteiger charge is 2.34. The molecule has 1 aliphatic heterocycles. The summed E-state index contributed by atoms with van der Waals surface area (Å²) in [5.41, 5.74) is 0. The smallest absolute Gasteiger partial charge is 0.326 e. The van der Waals surface area contributed by atoms with E-state index in [9.17, 15) is 9.59 Å². The van der Waals surface area contributed by atoms with Crippen LogP contribution in [0.5, 0.6) is 0 Å². The second-order valence-corrected chi connectivity index (χ2v) is 4.15. The highest BCUT2D eigenvalue weighted by atomic mass is 16.4. The zero-order valence-corrected chi connectivity index (χ0v) is 9.98. The van der Waals surface area contributed by atoms with E-state index < -0.39 is 12.0 Å². The van der Waals surface area contributed by atoms with Crippen molar-refractivity contribution >= 4 is 12.0 Å². The summed E-state index contributed by atoms with van der Waals surface area (Å²) in [4.78, 5) is 24.2. The Balaban J connectivity index is 2.57. The number of carboxylic acids is 1. The van der Waals surface area contributed by atoms with Gasteiger partial charge in [-0.3, -0.25) is 0 Å². The lowest BCUT2D eigenvalue weighted by Crippen LogP contribution is -2.48. The third kappa shape index (κ3) is 3.38. The number of hydrogen-bond donors (Lipinski definition) is 2. The van der Waals surface area contributed by atoms with Gasteiger partial charge >= 0.3 is 12.0 Å². The number of carbonyl (C=O) groups excluding carboxylic acids is 1. The predicted octanol–water partition coefficient (Wildman–Crippen LogP) is 1.05. The van der Waals surface area contributed by atoms with Gasteiger partial charge in [0.15, 0.2) is 0 Å². The summed E-state index contributed by atoms with van der Waals surface area (Å²) < 4.78 is 0. The molecule has 1 saturated heterocycles. The molecule has 0 aromatic rings. The summed E-state index contributed by atoms with van der Waals surface area (Å²) in [7, 11) is 0. The minimum absolute atomic E-state index is 0.0810. The molecular weight excluding hydrogens is 220 g/mol. The number of hydrogen-bond acceptors (Lipinski definition) is 2. The van der Waals surface area contributed by atoms with Crippen molar-refractivity contribution in [1.82, 2.24) is 10.2 Å². The van der Waals surface area contributed by atoms with Gasteiger partial charge in [-0.1, -0.05) is 6.92 Å². The van der Waals surface area contributed by atoms with Crippen LogP contribution in [0.2, 0.25) is 0 Å². The molecule has 5 nitrogen and oxygen atoms in total. The summed E-state index contributed by atoms with van der Waals surface area (Å²) >= 11 is 0. The molecule has 1 fully saturated rings. The molecule has 0 aliphatic carbocycles. The highest BCUT2D eigenvalue weighted by molar-refractivity contribution is 5.83. The Morgan fingerprint density at radius 3 is 2.88 bits per heavy atom. The van der Waals surface area contributed by atoms with Gasteiger partial charge in [0, 0.05) is 19.0 Å². The van der Waals surface area contributed by atoms with Crippen LogP contribution in [-0.4, -0.2) is 40.6 Å². The average molecular weight is 238 g/mol. The standard InChI is InChI=1S/C12H18N2O3/c1-3-6-9(4-2)13-12(17)14-8-5-7-10(14)11(15)16/h1,9-10H,4-8H2,2H3,(H,13,17)(H,15,16)/t9?,10-/m0/s1. The first kappa shape index (κ1) is 13.4. The first-order chi connectivity index (χ1) is 8.10. The van der Waals surface area contributed by atoms with Crippen LogP contribution in [0.25, 0.3) is 0 Å². The minimum Gasteiger partial charge on any atom is -0.480 e. The number of likely N-dealkylation sites (tertiary alicyclic amines) is 1. The number of carboxylic acid groups (broad SMARTS) is 1. The zero-order chi connectivity index (χ0) is 12.8. The fourth-order valence-corrected chi connectivity index (χ4v) is 1.96. The topological polar surface area (TPSA) is 69.6 Å².